The maximum Gasteiger partial charge on any atom is 0.247 e. The first-order chi connectivity index (χ1) is 9.61. The van der Waals surface area contributed by atoms with Gasteiger partial charge in [-0.25, -0.2) is 0 Å². The Morgan fingerprint density at radius 2 is 2.30 bits per heavy atom. The second-order valence-corrected chi connectivity index (χ2v) is 5.14. The van der Waals surface area contributed by atoms with Crippen molar-refractivity contribution in [2.45, 2.75) is 19.9 Å². The van der Waals surface area contributed by atoms with Gasteiger partial charge in [-0.2, -0.15) is 0 Å². The van der Waals surface area contributed by atoms with Crippen molar-refractivity contribution in [1.29, 1.82) is 0 Å². The minimum Gasteiger partial charge on any atom is -0.394 e. The van der Waals surface area contributed by atoms with Crippen molar-refractivity contribution in [2.24, 2.45) is 0 Å². The van der Waals surface area contributed by atoms with Gasteiger partial charge in [-0.1, -0.05) is 23.8 Å². The first-order valence-corrected chi connectivity index (χ1v) is 6.86. The Labute approximate surface area is 119 Å². The minimum absolute atomic E-state index is 0.0663. The van der Waals surface area contributed by atoms with Crippen LogP contribution >= 0.6 is 0 Å². The van der Waals surface area contributed by atoms with Crippen molar-refractivity contribution in [3.05, 3.63) is 41.0 Å². The molecule has 1 amide bonds. The normalized spacial score (nSPS) is 19.6. The van der Waals surface area contributed by atoms with Crippen LogP contribution in [0.25, 0.3) is 6.08 Å². The van der Waals surface area contributed by atoms with E-state index in [1.807, 2.05) is 32.1 Å². The summed E-state index contributed by atoms with van der Waals surface area (Å²) in [5, 5.41) is 9.27. The molecule has 1 heterocycles. The van der Waals surface area contributed by atoms with Crippen LogP contribution in [-0.4, -0.2) is 48.3 Å². The predicted octanol–water partition coefficient (Wildman–Crippen LogP) is 1.54. The lowest BCUT2D eigenvalue weighted by Crippen LogP contribution is -2.49. The molecule has 0 aromatic heterocycles. The van der Waals surface area contributed by atoms with Crippen LogP contribution < -0.4 is 0 Å². The molecule has 1 fully saturated rings. The van der Waals surface area contributed by atoms with Crippen LogP contribution in [0, 0.1) is 13.8 Å². The molecule has 4 heteroatoms. The number of ether oxygens (including phenoxy) is 1. The molecule has 4 nitrogen and oxygen atoms in total. The number of morpholine rings is 1. The summed E-state index contributed by atoms with van der Waals surface area (Å²) in [6.07, 6.45) is 3.41. The van der Waals surface area contributed by atoms with E-state index in [0.717, 1.165) is 11.1 Å². The molecule has 0 bridgehead atoms. The maximum absolute atomic E-state index is 12.2. The minimum atomic E-state index is -0.236. The van der Waals surface area contributed by atoms with Crippen LogP contribution in [0.3, 0.4) is 0 Å². The van der Waals surface area contributed by atoms with Crippen LogP contribution in [0.5, 0.6) is 0 Å². The monoisotopic (exact) mass is 275 g/mol. The zero-order valence-corrected chi connectivity index (χ0v) is 12.0. The van der Waals surface area contributed by atoms with E-state index in [4.69, 9.17) is 4.74 Å². The van der Waals surface area contributed by atoms with Crippen LogP contribution in [-0.2, 0) is 9.53 Å². The number of carbonyl (C=O) groups excluding carboxylic acids is 1. The molecular formula is C16H21NO3. The number of hydrogen-bond donors (Lipinski definition) is 1. The number of aliphatic hydroxyl groups excluding tert-OH is 1. The van der Waals surface area contributed by atoms with E-state index in [0.29, 0.717) is 19.8 Å². The molecule has 108 valence electrons. The average molecular weight is 275 g/mol. The molecule has 1 aromatic rings. The van der Waals surface area contributed by atoms with Gasteiger partial charge in [0.25, 0.3) is 0 Å². The van der Waals surface area contributed by atoms with Crippen molar-refractivity contribution in [3.8, 4) is 0 Å². The van der Waals surface area contributed by atoms with Gasteiger partial charge in [0.2, 0.25) is 5.91 Å². The van der Waals surface area contributed by atoms with Crippen molar-refractivity contribution in [3.63, 3.8) is 0 Å². The second kappa shape index (κ2) is 6.68. The summed E-state index contributed by atoms with van der Waals surface area (Å²) in [6, 6.07) is 5.90. The number of carbonyl (C=O) groups is 1. The van der Waals surface area contributed by atoms with Gasteiger partial charge in [0.1, 0.15) is 0 Å². The molecule has 1 atom stereocenters. The molecule has 1 unspecified atom stereocenters. The Kier molecular flexibility index (Phi) is 4.93. The highest BCUT2D eigenvalue weighted by atomic mass is 16.5. The first kappa shape index (κ1) is 14.8. The zero-order valence-electron chi connectivity index (χ0n) is 12.0. The Hall–Kier alpha value is -1.65. The molecule has 1 aromatic carbocycles. The molecule has 1 saturated heterocycles. The van der Waals surface area contributed by atoms with Crippen LogP contribution in [0.2, 0.25) is 0 Å². The van der Waals surface area contributed by atoms with Gasteiger partial charge in [0.15, 0.2) is 0 Å². The Morgan fingerprint density at radius 1 is 1.50 bits per heavy atom. The van der Waals surface area contributed by atoms with E-state index in [1.54, 1.807) is 11.0 Å². The molecule has 1 aliphatic rings. The molecule has 20 heavy (non-hydrogen) atoms. The molecule has 0 radical (unpaired) electrons. The first-order valence-electron chi connectivity index (χ1n) is 6.86. The van der Waals surface area contributed by atoms with Crippen molar-refractivity contribution < 1.29 is 14.6 Å². The molecule has 0 aliphatic carbocycles. The topological polar surface area (TPSA) is 49.8 Å². The third-order valence-corrected chi connectivity index (χ3v) is 3.55. The van der Waals surface area contributed by atoms with Gasteiger partial charge in [-0.15, -0.1) is 0 Å². The van der Waals surface area contributed by atoms with Crippen LogP contribution in [0.15, 0.2) is 24.3 Å². The second-order valence-electron chi connectivity index (χ2n) is 5.14. The third kappa shape index (κ3) is 3.46. The van der Waals surface area contributed by atoms with Crippen LogP contribution in [0.4, 0.5) is 0 Å². The summed E-state index contributed by atoms with van der Waals surface area (Å²) >= 11 is 0. The fourth-order valence-corrected chi connectivity index (χ4v) is 2.37. The molecule has 0 saturated carbocycles. The van der Waals surface area contributed by atoms with Gasteiger partial charge in [0.05, 0.1) is 25.9 Å². The average Bonchev–Trinajstić information content (AvgIpc) is 2.46. The number of amides is 1. The van der Waals surface area contributed by atoms with Gasteiger partial charge in [0, 0.05) is 12.6 Å². The Morgan fingerprint density at radius 3 is 3.00 bits per heavy atom. The van der Waals surface area contributed by atoms with Crippen molar-refractivity contribution >= 4 is 12.0 Å². The Bertz CT molecular complexity index is 510. The smallest absolute Gasteiger partial charge is 0.247 e. The highest BCUT2D eigenvalue weighted by Gasteiger charge is 2.25. The van der Waals surface area contributed by atoms with E-state index < -0.39 is 0 Å². The highest BCUT2D eigenvalue weighted by molar-refractivity contribution is 5.92. The number of aliphatic hydroxyl groups is 1. The fourth-order valence-electron chi connectivity index (χ4n) is 2.37. The largest absolute Gasteiger partial charge is 0.394 e. The van der Waals surface area contributed by atoms with Crippen molar-refractivity contribution in [1.82, 2.24) is 4.90 Å². The maximum atomic E-state index is 12.2. The van der Waals surface area contributed by atoms with E-state index >= 15 is 0 Å². The number of aryl methyl sites for hydroxylation is 2. The molecule has 2 rings (SSSR count). The van der Waals surface area contributed by atoms with Crippen LogP contribution in [0.1, 0.15) is 16.7 Å². The number of hydrogen-bond acceptors (Lipinski definition) is 3. The highest BCUT2D eigenvalue weighted by Crippen LogP contribution is 2.13. The standard InChI is InChI=1S/C16H21NO3/c1-12-3-4-14(13(2)9-12)5-6-16(19)17-7-8-20-11-15(17)10-18/h3-6,9,15,18H,7-8,10-11H2,1-2H3/b6-5+. The van der Waals surface area contributed by atoms with E-state index in [1.165, 1.54) is 5.56 Å². The van der Waals surface area contributed by atoms with Gasteiger partial charge < -0.3 is 14.7 Å². The van der Waals surface area contributed by atoms with E-state index in [9.17, 15) is 9.90 Å². The number of nitrogens with zero attached hydrogens (tertiary/aromatic N) is 1. The summed E-state index contributed by atoms with van der Waals surface area (Å²) in [5.41, 5.74) is 3.40. The lowest BCUT2D eigenvalue weighted by atomic mass is 10.1. The van der Waals surface area contributed by atoms with Gasteiger partial charge in [-0.05, 0) is 31.1 Å². The lowest BCUT2D eigenvalue weighted by Gasteiger charge is -2.33. The molecular weight excluding hydrogens is 254 g/mol. The summed E-state index contributed by atoms with van der Waals surface area (Å²) in [5.74, 6) is -0.0766. The zero-order chi connectivity index (χ0) is 14.5. The van der Waals surface area contributed by atoms with Crippen molar-refractivity contribution in [2.75, 3.05) is 26.4 Å². The van der Waals surface area contributed by atoms with Gasteiger partial charge in [-0.3, -0.25) is 4.79 Å². The summed E-state index contributed by atoms with van der Waals surface area (Å²) in [6.45, 7) is 5.47. The number of benzene rings is 1. The third-order valence-electron chi connectivity index (χ3n) is 3.55. The SMILES string of the molecule is Cc1ccc(/C=C/C(=O)N2CCOCC2CO)c(C)c1. The summed E-state index contributed by atoms with van der Waals surface area (Å²) in [4.78, 5) is 13.9. The molecule has 1 N–H and O–H groups in total. The summed E-state index contributed by atoms with van der Waals surface area (Å²) < 4.78 is 5.27. The summed E-state index contributed by atoms with van der Waals surface area (Å²) in [7, 11) is 0. The molecule has 0 spiro atoms. The van der Waals surface area contributed by atoms with E-state index in [-0.39, 0.29) is 18.6 Å². The lowest BCUT2D eigenvalue weighted by molar-refractivity contribution is -0.136. The fraction of sp³-hybridized carbons (Fsp3) is 0.438. The quantitative estimate of drug-likeness (QED) is 0.851. The predicted molar refractivity (Wildman–Crippen MR) is 78.4 cm³/mol. The van der Waals surface area contributed by atoms with Gasteiger partial charge >= 0.3 is 0 Å². The Balaban J connectivity index is 2.08. The molecule has 1 aliphatic heterocycles. The number of rotatable bonds is 3. The van der Waals surface area contributed by atoms with E-state index in [2.05, 4.69) is 6.07 Å².